The third kappa shape index (κ3) is 2.13. The van der Waals surface area contributed by atoms with E-state index < -0.39 is 0 Å². The molecule has 3 heteroatoms. The molecule has 1 aromatic rings. The maximum absolute atomic E-state index is 10.1. The van der Waals surface area contributed by atoms with Crippen LogP contribution in [-0.2, 0) is 4.57 Å². The highest BCUT2D eigenvalue weighted by Crippen LogP contribution is 2.28. The second kappa shape index (κ2) is 3.75. The predicted molar refractivity (Wildman–Crippen MR) is 44.6 cm³/mol. The molecule has 0 N–H and O–H groups in total. The first-order chi connectivity index (χ1) is 4.83. The van der Waals surface area contributed by atoms with E-state index in [0.29, 0.717) is 0 Å². The average Bonchev–Trinajstić information content (AvgIpc) is 1.95. The van der Waals surface area contributed by atoms with E-state index in [-0.39, 0.29) is 7.66 Å². The van der Waals surface area contributed by atoms with E-state index in [1.165, 1.54) is 16.9 Å². The van der Waals surface area contributed by atoms with Gasteiger partial charge in [-0.2, -0.15) is 0 Å². The van der Waals surface area contributed by atoms with Crippen molar-refractivity contribution in [1.29, 1.82) is 0 Å². The maximum atomic E-state index is 10.1. The van der Waals surface area contributed by atoms with Crippen LogP contribution in [0, 0.1) is 6.92 Å². The van der Waals surface area contributed by atoms with Crippen LogP contribution in [0.1, 0.15) is 5.56 Å². The second-order valence-electron chi connectivity index (χ2n) is 1.98. The molecule has 0 fully saturated rings. The molecule has 0 radical (unpaired) electrons. The number of aryl methyl sites for hydroxylation is 1. The molecule has 52 valence electrons. The van der Waals surface area contributed by atoms with Crippen molar-refractivity contribution in [3.63, 3.8) is 0 Å². The van der Waals surface area contributed by atoms with Crippen molar-refractivity contribution in [3.05, 3.63) is 29.8 Å². The van der Waals surface area contributed by atoms with Crippen molar-refractivity contribution < 1.29 is 4.57 Å². The Morgan fingerprint density at radius 3 is 2.40 bits per heavy atom. The lowest BCUT2D eigenvalue weighted by Gasteiger charge is -1.92. The number of hydrogen-bond donors (Lipinski definition) is 0. The molecule has 0 saturated heterocycles. The van der Waals surface area contributed by atoms with Gasteiger partial charge >= 0.3 is 0 Å². The van der Waals surface area contributed by atoms with Gasteiger partial charge in [0.05, 0.1) is 0 Å². The van der Waals surface area contributed by atoms with E-state index >= 15 is 0 Å². The highest BCUT2D eigenvalue weighted by Gasteiger charge is 1.90. The van der Waals surface area contributed by atoms with Crippen molar-refractivity contribution in [2.45, 2.75) is 11.8 Å². The Labute approximate surface area is 65.8 Å². The molecule has 0 aliphatic carbocycles. The Morgan fingerprint density at radius 2 is 1.90 bits per heavy atom. The summed E-state index contributed by atoms with van der Waals surface area (Å²) in [6, 6.07) is 7.94. The minimum Gasteiger partial charge on any atom is -0.262 e. The van der Waals surface area contributed by atoms with Crippen molar-refractivity contribution in [1.82, 2.24) is 0 Å². The van der Waals surface area contributed by atoms with Gasteiger partial charge < -0.3 is 0 Å². The molecule has 0 saturated carbocycles. The Morgan fingerprint density at radius 1 is 1.30 bits per heavy atom. The van der Waals surface area contributed by atoms with Crippen LogP contribution in [0.4, 0.5) is 0 Å². The molecule has 1 nitrogen and oxygen atoms in total. The van der Waals surface area contributed by atoms with Crippen LogP contribution in [0.3, 0.4) is 0 Å². The van der Waals surface area contributed by atoms with Crippen molar-refractivity contribution >= 4 is 19.0 Å². The molecule has 0 aliphatic heterocycles. The van der Waals surface area contributed by atoms with Gasteiger partial charge in [0.15, 0.2) is 0 Å². The van der Waals surface area contributed by atoms with Crippen LogP contribution in [0.2, 0.25) is 0 Å². The minimum absolute atomic E-state index is 0.113. The molecular formula is C7H7OPS. The quantitative estimate of drug-likeness (QED) is 0.633. The highest BCUT2D eigenvalue weighted by molar-refractivity contribution is 8.45. The van der Waals surface area contributed by atoms with Crippen LogP contribution < -0.4 is 0 Å². The summed E-state index contributed by atoms with van der Waals surface area (Å²) in [5.41, 5.74) is 1.23. The first-order valence-corrected chi connectivity index (χ1v) is 5.12. The molecule has 0 unspecified atom stereocenters. The zero-order valence-corrected chi connectivity index (χ0v) is 7.28. The van der Waals surface area contributed by atoms with Crippen LogP contribution in [0.5, 0.6) is 0 Å². The fourth-order valence-electron chi connectivity index (χ4n) is 0.642. The van der Waals surface area contributed by atoms with Gasteiger partial charge in [-0.3, -0.25) is 4.57 Å². The highest BCUT2D eigenvalue weighted by atomic mass is 32.7. The van der Waals surface area contributed by atoms with E-state index in [1.807, 2.05) is 31.2 Å². The van der Waals surface area contributed by atoms with Gasteiger partial charge in [-0.25, -0.2) is 0 Å². The Bertz CT molecular complexity index is 220. The summed E-state index contributed by atoms with van der Waals surface area (Å²) in [6.45, 7) is 2.03. The molecule has 0 atom stereocenters. The van der Waals surface area contributed by atoms with Gasteiger partial charge in [0.2, 0.25) is 7.66 Å². The van der Waals surface area contributed by atoms with E-state index in [2.05, 4.69) is 0 Å². The topological polar surface area (TPSA) is 17.1 Å². The summed E-state index contributed by atoms with van der Waals surface area (Å²) in [5.74, 6) is 0. The summed E-state index contributed by atoms with van der Waals surface area (Å²) >= 11 is 1.30. The molecule has 0 spiro atoms. The summed E-state index contributed by atoms with van der Waals surface area (Å²) in [5, 5.41) is 0. The van der Waals surface area contributed by atoms with Crippen molar-refractivity contribution in [2.75, 3.05) is 0 Å². The molecule has 0 bridgehead atoms. The number of benzene rings is 1. The van der Waals surface area contributed by atoms with Gasteiger partial charge in [-0.15, -0.1) is 0 Å². The molecule has 0 aromatic heterocycles. The fourth-order valence-corrected chi connectivity index (χ4v) is 1.61. The molecule has 10 heavy (non-hydrogen) atoms. The minimum atomic E-state index is 0.113. The zero-order valence-electron chi connectivity index (χ0n) is 5.57. The first kappa shape index (κ1) is 7.77. The lowest BCUT2D eigenvalue weighted by atomic mass is 10.2. The van der Waals surface area contributed by atoms with Crippen LogP contribution in [0.15, 0.2) is 29.2 Å². The van der Waals surface area contributed by atoms with Gasteiger partial charge in [0.25, 0.3) is 0 Å². The monoisotopic (exact) mass is 170 g/mol. The third-order valence-electron chi connectivity index (χ3n) is 1.16. The average molecular weight is 170 g/mol. The maximum Gasteiger partial charge on any atom is 0.232 e. The van der Waals surface area contributed by atoms with E-state index in [0.717, 1.165) is 4.90 Å². The Hall–Kier alpha value is -0.330. The number of rotatable bonds is 2. The second-order valence-corrected chi connectivity index (χ2v) is 3.78. The van der Waals surface area contributed by atoms with Gasteiger partial charge in [-0.05, 0) is 30.4 Å². The zero-order chi connectivity index (χ0) is 7.40. The third-order valence-corrected chi connectivity index (χ3v) is 2.58. The molecule has 1 aromatic carbocycles. The summed E-state index contributed by atoms with van der Waals surface area (Å²) in [7, 11) is 0.113. The van der Waals surface area contributed by atoms with Gasteiger partial charge in [0.1, 0.15) is 0 Å². The standard InChI is InChI=1S/C7H7OPS/c1-6-2-4-7(5-3-6)10-9-8/h2-5H,1H3. The smallest absolute Gasteiger partial charge is 0.232 e. The Balaban J connectivity index is 2.78. The van der Waals surface area contributed by atoms with Crippen molar-refractivity contribution in [3.8, 4) is 0 Å². The lowest BCUT2D eigenvalue weighted by molar-refractivity contribution is 0.605. The molecule has 0 aliphatic rings. The summed E-state index contributed by atoms with van der Waals surface area (Å²) in [4.78, 5) is 1.04. The largest absolute Gasteiger partial charge is 0.262 e. The van der Waals surface area contributed by atoms with Gasteiger partial charge in [-0.1, -0.05) is 17.7 Å². The summed E-state index contributed by atoms with van der Waals surface area (Å²) in [6.07, 6.45) is 0. The SMILES string of the molecule is Cc1ccc(SP=O)cc1. The van der Waals surface area contributed by atoms with Crippen LogP contribution >= 0.6 is 19.0 Å². The number of hydrogen-bond acceptors (Lipinski definition) is 2. The fraction of sp³-hybridized carbons (Fsp3) is 0.143. The van der Waals surface area contributed by atoms with Gasteiger partial charge in [0, 0.05) is 4.90 Å². The van der Waals surface area contributed by atoms with E-state index in [4.69, 9.17) is 0 Å². The predicted octanol–water partition coefficient (Wildman–Crippen LogP) is 3.29. The molecular weight excluding hydrogens is 163 g/mol. The van der Waals surface area contributed by atoms with Crippen LogP contribution in [-0.4, -0.2) is 0 Å². The molecule has 1 rings (SSSR count). The van der Waals surface area contributed by atoms with Crippen LogP contribution in [0.25, 0.3) is 0 Å². The normalized spacial score (nSPS) is 10.1. The lowest BCUT2D eigenvalue weighted by Crippen LogP contribution is -1.68. The Kier molecular flexibility index (Phi) is 2.91. The van der Waals surface area contributed by atoms with Crippen molar-refractivity contribution in [2.24, 2.45) is 0 Å². The van der Waals surface area contributed by atoms with E-state index in [1.54, 1.807) is 0 Å². The first-order valence-electron chi connectivity index (χ1n) is 2.89. The molecule has 0 heterocycles. The summed E-state index contributed by atoms with van der Waals surface area (Å²) < 4.78 is 10.1. The molecule has 0 amide bonds. The van der Waals surface area contributed by atoms with E-state index in [9.17, 15) is 4.57 Å².